The van der Waals surface area contributed by atoms with E-state index in [-0.39, 0.29) is 5.91 Å². The van der Waals surface area contributed by atoms with Crippen LogP contribution in [-0.4, -0.2) is 46.3 Å². The zero-order valence-electron chi connectivity index (χ0n) is 11.4. The highest BCUT2D eigenvalue weighted by Crippen LogP contribution is 2.09. The van der Waals surface area contributed by atoms with Gasteiger partial charge in [-0.15, -0.1) is 0 Å². The molecule has 1 aromatic rings. The smallest absolute Gasteiger partial charge is 0.221 e. The topological polar surface area (TPSA) is 59.0 Å². The highest BCUT2D eigenvalue weighted by Gasteiger charge is 2.16. The molecule has 5 nitrogen and oxygen atoms in total. The number of thioether (sulfide) groups is 1. The maximum atomic E-state index is 11.7. The standard InChI is InChI=1S/C13H22N4OS/c1-11-8-16-17(9-11)5-2-3-15-13(18)7-12-10-19-6-4-14-12/h8-9,12,14H,2-7,10H2,1H3,(H,15,18). The summed E-state index contributed by atoms with van der Waals surface area (Å²) in [7, 11) is 0. The average Bonchev–Trinajstić information content (AvgIpc) is 2.82. The van der Waals surface area contributed by atoms with Gasteiger partial charge in [0.25, 0.3) is 0 Å². The van der Waals surface area contributed by atoms with Gasteiger partial charge in [-0.1, -0.05) is 0 Å². The highest BCUT2D eigenvalue weighted by molar-refractivity contribution is 7.99. The van der Waals surface area contributed by atoms with Crippen molar-refractivity contribution in [3.63, 3.8) is 0 Å². The summed E-state index contributed by atoms with van der Waals surface area (Å²) >= 11 is 1.92. The molecule has 1 aromatic heterocycles. The van der Waals surface area contributed by atoms with Crippen molar-refractivity contribution in [2.24, 2.45) is 0 Å². The molecule has 2 rings (SSSR count). The highest BCUT2D eigenvalue weighted by atomic mass is 32.2. The van der Waals surface area contributed by atoms with Crippen LogP contribution in [0.4, 0.5) is 0 Å². The SMILES string of the molecule is Cc1cnn(CCCNC(=O)CC2CSCCN2)c1. The van der Waals surface area contributed by atoms with Crippen LogP contribution in [-0.2, 0) is 11.3 Å². The minimum Gasteiger partial charge on any atom is -0.356 e. The maximum Gasteiger partial charge on any atom is 0.221 e. The van der Waals surface area contributed by atoms with E-state index in [4.69, 9.17) is 0 Å². The van der Waals surface area contributed by atoms with Crippen molar-refractivity contribution in [1.82, 2.24) is 20.4 Å². The van der Waals surface area contributed by atoms with Crippen LogP contribution < -0.4 is 10.6 Å². The van der Waals surface area contributed by atoms with E-state index in [1.165, 1.54) is 5.56 Å². The molecule has 0 spiro atoms. The Morgan fingerprint density at radius 3 is 3.26 bits per heavy atom. The van der Waals surface area contributed by atoms with Crippen LogP contribution in [0.2, 0.25) is 0 Å². The molecule has 0 saturated carbocycles. The Balaban J connectivity index is 1.56. The predicted octanol–water partition coefficient (Wildman–Crippen LogP) is 0.793. The molecule has 1 unspecified atom stereocenters. The van der Waals surface area contributed by atoms with E-state index >= 15 is 0 Å². The molecular formula is C13H22N4OS. The van der Waals surface area contributed by atoms with Crippen molar-refractivity contribution in [3.05, 3.63) is 18.0 Å². The van der Waals surface area contributed by atoms with Crippen LogP contribution in [0.1, 0.15) is 18.4 Å². The quantitative estimate of drug-likeness (QED) is 0.758. The molecule has 0 aromatic carbocycles. The summed E-state index contributed by atoms with van der Waals surface area (Å²) in [5, 5.41) is 10.6. The van der Waals surface area contributed by atoms with Crippen molar-refractivity contribution in [3.8, 4) is 0 Å². The van der Waals surface area contributed by atoms with Gasteiger partial charge in [-0.2, -0.15) is 16.9 Å². The van der Waals surface area contributed by atoms with Gasteiger partial charge in [0.05, 0.1) is 6.20 Å². The third-order valence-corrected chi connectivity index (χ3v) is 4.21. The van der Waals surface area contributed by atoms with Gasteiger partial charge in [0.15, 0.2) is 0 Å². The molecular weight excluding hydrogens is 260 g/mol. The summed E-state index contributed by atoms with van der Waals surface area (Å²) in [6, 6.07) is 0.340. The number of carbonyl (C=O) groups is 1. The Kier molecular flexibility index (Phi) is 5.72. The molecule has 0 aliphatic carbocycles. The lowest BCUT2D eigenvalue weighted by atomic mass is 10.2. The zero-order chi connectivity index (χ0) is 13.5. The molecule has 106 valence electrons. The molecule has 2 N–H and O–H groups in total. The van der Waals surface area contributed by atoms with E-state index in [1.807, 2.05) is 35.8 Å². The Bertz CT molecular complexity index is 401. The van der Waals surface area contributed by atoms with E-state index in [0.29, 0.717) is 12.5 Å². The molecule has 0 bridgehead atoms. The molecule has 1 saturated heterocycles. The zero-order valence-corrected chi connectivity index (χ0v) is 12.2. The lowest BCUT2D eigenvalue weighted by molar-refractivity contribution is -0.121. The molecule has 2 heterocycles. The minimum atomic E-state index is 0.150. The summed E-state index contributed by atoms with van der Waals surface area (Å²) < 4.78 is 1.92. The molecule has 1 aliphatic heterocycles. The van der Waals surface area contributed by atoms with Gasteiger partial charge in [-0.25, -0.2) is 0 Å². The van der Waals surface area contributed by atoms with Gasteiger partial charge in [-0.3, -0.25) is 9.48 Å². The van der Waals surface area contributed by atoms with Gasteiger partial charge in [0.1, 0.15) is 0 Å². The molecule has 1 atom stereocenters. The van der Waals surface area contributed by atoms with Gasteiger partial charge in [0.2, 0.25) is 5.91 Å². The Hall–Kier alpha value is -1.01. The second kappa shape index (κ2) is 7.55. The number of hydrogen-bond donors (Lipinski definition) is 2. The third-order valence-electron chi connectivity index (χ3n) is 3.08. The van der Waals surface area contributed by atoms with Crippen LogP contribution in [0.5, 0.6) is 0 Å². The van der Waals surface area contributed by atoms with Crippen LogP contribution in [0.15, 0.2) is 12.4 Å². The van der Waals surface area contributed by atoms with Crippen molar-refractivity contribution in [2.45, 2.75) is 32.4 Å². The van der Waals surface area contributed by atoms with E-state index in [1.54, 1.807) is 0 Å². The maximum absolute atomic E-state index is 11.7. The lowest BCUT2D eigenvalue weighted by Crippen LogP contribution is -2.41. The summed E-state index contributed by atoms with van der Waals surface area (Å²) in [5.41, 5.74) is 1.17. The van der Waals surface area contributed by atoms with Gasteiger partial charge < -0.3 is 10.6 Å². The van der Waals surface area contributed by atoms with Crippen LogP contribution in [0.25, 0.3) is 0 Å². The number of nitrogens with one attached hydrogen (secondary N) is 2. The van der Waals surface area contributed by atoms with E-state index in [9.17, 15) is 4.79 Å². The number of amides is 1. The minimum absolute atomic E-state index is 0.150. The second-order valence-corrected chi connectivity index (χ2v) is 6.06. The molecule has 1 fully saturated rings. The first-order valence-electron chi connectivity index (χ1n) is 6.81. The van der Waals surface area contributed by atoms with E-state index in [0.717, 1.165) is 37.6 Å². The fourth-order valence-corrected chi connectivity index (χ4v) is 3.05. The molecule has 1 aliphatic rings. The Morgan fingerprint density at radius 2 is 2.58 bits per heavy atom. The van der Waals surface area contributed by atoms with Crippen LogP contribution in [0, 0.1) is 6.92 Å². The molecule has 19 heavy (non-hydrogen) atoms. The lowest BCUT2D eigenvalue weighted by Gasteiger charge is -2.22. The molecule has 6 heteroatoms. The largest absolute Gasteiger partial charge is 0.356 e. The van der Waals surface area contributed by atoms with Crippen molar-refractivity contribution in [2.75, 3.05) is 24.6 Å². The number of carbonyl (C=O) groups excluding carboxylic acids is 1. The van der Waals surface area contributed by atoms with Crippen molar-refractivity contribution in [1.29, 1.82) is 0 Å². The first-order valence-corrected chi connectivity index (χ1v) is 7.96. The number of aromatic nitrogens is 2. The first-order chi connectivity index (χ1) is 9.24. The number of nitrogens with zero attached hydrogens (tertiary/aromatic N) is 2. The molecule has 0 radical (unpaired) electrons. The van der Waals surface area contributed by atoms with Crippen LogP contribution >= 0.6 is 11.8 Å². The van der Waals surface area contributed by atoms with Gasteiger partial charge >= 0.3 is 0 Å². The number of rotatable bonds is 6. The van der Waals surface area contributed by atoms with Gasteiger partial charge in [0, 0.05) is 49.8 Å². The fraction of sp³-hybridized carbons (Fsp3) is 0.692. The number of aryl methyl sites for hydroxylation is 2. The van der Waals surface area contributed by atoms with E-state index < -0.39 is 0 Å². The summed E-state index contributed by atoms with van der Waals surface area (Å²) in [4.78, 5) is 11.7. The summed E-state index contributed by atoms with van der Waals surface area (Å²) in [6.45, 7) is 4.62. The molecule has 1 amide bonds. The second-order valence-electron chi connectivity index (χ2n) is 4.91. The summed E-state index contributed by atoms with van der Waals surface area (Å²) in [5.74, 6) is 2.35. The number of hydrogen-bond acceptors (Lipinski definition) is 4. The van der Waals surface area contributed by atoms with E-state index in [2.05, 4.69) is 15.7 Å². The average molecular weight is 282 g/mol. The normalized spacial score (nSPS) is 19.3. The van der Waals surface area contributed by atoms with Crippen molar-refractivity contribution < 1.29 is 4.79 Å². The van der Waals surface area contributed by atoms with Crippen molar-refractivity contribution >= 4 is 17.7 Å². The summed E-state index contributed by atoms with van der Waals surface area (Å²) in [6.07, 6.45) is 5.38. The fourth-order valence-electron chi connectivity index (χ4n) is 2.10. The predicted molar refractivity (Wildman–Crippen MR) is 78.3 cm³/mol. The Morgan fingerprint density at radius 1 is 1.68 bits per heavy atom. The monoisotopic (exact) mass is 282 g/mol. The first kappa shape index (κ1) is 14.4. The van der Waals surface area contributed by atoms with Crippen LogP contribution in [0.3, 0.4) is 0 Å². The van der Waals surface area contributed by atoms with Gasteiger partial charge in [-0.05, 0) is 18.9 Å². The third kappa shape index (κ3) is 5.24. The Labute approximate surface area is 118 Å².